The predicted molar refractivity (Wildman–Crippen MR) is 158 cm³/mol. The van der Waals surface area contributed by atoms with E-state index in [0.717, 1.165) is 51.9 Å². The highest BCUT2D eigenvalue weighted by Crippen LogP contribution is 2.37. The average Bonchev–Trinajstić information content (AvgIpc) is 2.83. The van der Waals surface area contributed by atoms with Crippen LogP contribution in [0.15, 0.2) is 0 Å². The van der Waals surface area contributed by atoms with Gasteiger partial charge in [0.15, 0.2) is 14.6 Å². The first-order valence-electron chi connectivity index (χ1n) is 15.3. The highest BCUT2D eigenvalue weighted by atomic mass is 28.4. The number of ether oxygens (including phenoxy) is 3. The monoisotopic (exact) mass is 559 g/mol. The highest BCUT2D eigenvalue weighted by molar-refractivity contribution is 6.74. The Morgan fingerprint density at radius 2 is 1.55 bits per heavy atom. The van der Waals surface area contributed by atoms with E-state index in [1.165, 1.54) is 57.8 Å². The number of nitrogens with zero attached hydrogens (tertiary/aromatic N) is 1. The molecule has 0 amide bonds. The summed E-state index contributed by atoms with van der Waals surface area (Å²) in [5, 5.41) is 9.11. The van der Waals surface area contributed by atoms with E-state index in [1.54, 1.807) is 0 Å². The number of unbranched alkanes of at least 4 members (excludes halogenated alkanes) is 7. The number of hydrogen-bond acceptors (Lipinski definition) is 6. The van der Waals surface area contributed by atoms with Crippen molar-refractivity contribution in [1.82, 2.24) is 4.90 Å². The highest BCUT2D eigenvalue weighted by Gasteiger charge is 2.37. The summed E-state index contributed by atoms with van der Waals surface area (Å²) in [6.07, 6.45) is 15.2. The lowest BCUT2D eigenvalue weighted by Gasteiger charge is -2.38. The summed E-state index contributed by atoms with van der Waals surface area (Å²) in [5.74, 6) is 0.473. The van der Waals surface area contributed by atoms with Crippen molar-refractivity contribution >= 4 is 14.5 Å². The second-order valence-electron chi connectivity index (χ2n) is 12.9. The smallest absolute Gasteiger partial charge is 0.450 e. The van der Waals surface area contributed by atoms with Crippen LogP contribution >= 0.6 is 0 Å². The summed E-state index contributed by atoms with van der Waals surface area (Å²) in [5.41, 5.74) is 0. The molecule has 0 aromatic carbocycles. The minimum atomic E-state index is -1.78. The Kier molecular flexibility index (Phi) is 18.1. The molecule has 1 heterocycles. The summed E-state index contributed by atoms with van der Waals surface area (Å²) in [6, 6.07) is 0.290. The molecule has 1 N–H and O–H groups in total. The third kappa shape index (κ3) is 15.8. The summed E-state index contributed by atoms with van der Waals surface area (Å²) in [4.78, 5) is 13.1. The first-order valence-corrected chi connectivity index (χ1v) is 18.2. The molecule has 0 bridgehead atoms. The maximum Gasteiger partial charge on any atom is 0.505 e. The zero-order chi connectivity index (χ0) is 28.4. The van der Waals surface area contributed by atoms with E-state index in [4.69, 9.17) is 23.7 Å². The maximum absolute atomic E-state index is 10.9. The average molecular weight is 560 g/mol. The van der Waals surface area contributed by atoms with E-state index in [2.05, 4.69) is 52.9 Å². The van der Waals surface area contributed by atoms with Crippen LogP contribution in [-0.2, 0) is 18.6 Å². The third-order valence-corrected chi connectivity index (χ3v) is 13.1. The normalized spacial score (nSPS) is 18.5. The Morgan fingerprint density at radius 3 is 2.11 bits per heavy atom. The Balaban J connectivity index is 2.33. The van der Waals surface area contributed by atoms with Gasteiger partial charge in [0, 0.05) is 25.9 Å². The molecule has 1 saturated heterocycles. The topological polar surface area (TPSA) is 77.5 Å². The molecule has 0 saturated carbocycles. The van der Waals surface area contributed by atoms with Crippen LogP contribution in [0, 0.1) is 5.92 Å². The summed E-state index contributed by atoms with van der Waals surface area (Å²) >= 11 is 0. The van der Waals surface area contributed by atoms with Crippen molar-refractivity contribution < 1.29 is 28.5 Å². The minimum absolute atomic E-state index is 0.0444. The molecule has 0 radical (unpaired) electrons. The zero-order valence-corrected chi connectivity index (χ0v) is 26.9. The van der Waals surface area contributed by atoms with Crippen LogP contribution in [-0.4, -0.2) is 77.3 Å². The number of hydrogen-bond donors (Lipinski definition) is 1. The summed E-state index contributed by atoms with van der Waals surface area (Å²) in [7, 11) is 2.42. The molecular weight excluding hydrogens is 498 g/mol. The SMILES string of the molecule is CN(C)C(CCOC(=O)O)C(CCCCCCCCCCOC1CCCCO1)CCO[Si](C)(C)C(C)(C)C. The van der Waals surface area contributed by atoms with Crippen molar-refractivity contribution in [2.45, 2.75) is 141 Å². The van der Waals surface area contributed by atoms with E-state index in [0.29, 0.717) is 12.0 Å². The van der Waals surface area contributed by atoms with Crippen LogP contribution < -0.4 is 0 Å². The standard InChI is InChI=1S/C30H61NO6Si/c1-30(2,3)38(6,7)37-25-20-26(27(31(4)5)21-24-36-29(32)33)18-14-12-10-8-9-11-13-16-22-34-28-19-15-17-23-35-28/h26-28H,8-25H2,1-7H3,(H,32,33). The molecule has 7 nitrogen and oxygen atoms in total. The van der Waals surface area contributed by atoms with Crippen LogP contribution in [0.2, 0.25) is 18.1 Å². The number of carboxylic acid groups (broad SMARTS) is 1. The Labute approximate surface area is 235 Å². The second kappa shape index (κ2) is 19.4. The van der Waals surface area contributed by atoms with Gasteiger partial charge in [0.25, 0.3) is 0 Å². The molecule has 3 atom stereocenters. The van der Waals surface area contributed by atoms with Crippen LogP contribution in [0.5, 0.6) is 0 Å². The molecule has 0 aliphatic carbocycles. The van der Waals surface area contributed by atoms with Gasteiger partial charge < -0.3 is 28.6 Å². The van der Waals surface area contributed by atoms with Gasteiger partial charge in [-0.25, -0.2) is 4.79 Å². The Bertz CT molecular complexity index is 604. The molecule has 1 aliphatic rings. The fraction of sp³-hybridized carbons (Fsp3) is 0.967. The number of rotatable bonds is 21. The quantitative estimate of drug-likeness (QED) is 0.0865. The van der Waals surface area contributed by atoms with Crippen molar-refractivity contribution in [2.24, 2.45) is 5.92 Å². The molecular formula is C30H61NO6Si. The fourth-order valence-electron chi connectivity index (χ4n) is 5.02. The molecule has 1 fully saturated rings. The second-order valence-corrected chi connectivity index (χ2v) is 17.7. The van der Waals surface area contributed by atoms with Gasteiger partial charge in [-0.2, -0.15) is 0 Å². The molecule has 0 aromatic heterocycles. The lowest BCUT2D eigenvalue weighted by Crippen LogP contribution is -2.42. The summed E-state index contributed by atoms with van der Waals surface area (Å²) in [6.45, 7) is 14.2. The van der Waals surface area contributed by atoms with E-state index in [1.807, 2.05) is 0 Å². The van der Waals surface area contributed by atoms with Gasteiger partial charge in [-0.15, -0.1) is 0 Å². The molecule has 226 valence electrons. The van der Waals surface area contributed by atoms with Crippen molar-refractivity contribution in [3.8, 4) is 0 Å². The van der Waals surface area contributed by atoms with E-state index in [9.17, 15) is 4.79 Å². The van der Waals surface area contributed by atoms with Crippen molar-refractivity contribution in [3.63, 3.8) is 0 Å². The number of carbonyl (C=O) groups is 1. The minimum Gasteiger partial charge on any atom is -0.450 e. The molecule has 8 heteroatoms. The van der Waals surface area contributed by atoms with Crippen LogP contribution in [0.1, 0.15) is 111 Å². The van der Waals surface area contributed by atoms with Crippen molar-refractivity contribution in [1.29, 1.82) is 0 Å². The lowest BCUT2D eigenvalue weighted by atomic mass is 9.88. The molecule has 0 aromatic rings. The van der Waals surface area contributed by atoms with E-state index in [-0.39, 0.29) is 17.9 Å². The van der Waals surface area contributed by atoms with Crippen molar-refractivity contribution in [2.75, 3.05) is 40.5 Å². The van der Waals surface area contributed by atoms with E-state index >= 15 is 0 Å². The first-order chi connectivity index (χ1) is 17.9. The first kappa shape index (κ1) is 35.4. The van der Waals surface area contributed by atoms with Crippen molar-refractivity contribution in [3.05, 3.63) is 0 Å². The largest absolute Gasteiger partial charge is 0.505 e. The Morgan fingerprint density at radius 1 is 0.921 bits per heavy atom. The zero-order valence-electron chi connectivity index (χ0n) is 25.9. The molecule has 1 aliphatic heterocycles. The Hall–Kier alpha value is -0.673. The van der Waals surface area contributed by atoms with E-state index < -0.39 is 14.5 Å². The molecule has 3 unspecified atom stereocenters. The lowest BCUT2D eigenvalue weighted by molar-refractivity contribution is -0.162. The van der Waals surface area contributed by atoms with Gasteiger partial charge in [-0.1, -0.05) is 65.7 Å². The molecule has 1 rings (SSSR count). The third-order valence-electron chi connectivity index (χ3n) is 8.52. The van der Waals surface area contributed by atoms with Gasteiger partial charge in [0.05, 0.1) is 6.61 Å². The predicted octanol–water partition coefficient (Wildman–Crippen LogP) is 8.08. The van der Waals surface area contributed by atoms with Gasteiger partial charge in [-0.05, 0) is 83.1 Å². The fourth-order valence-corrected chi connectivity index (χ4v) is 6.08. The van der Waals surface area contributed by atoms with Crippen LogP contribution in [0.25, 0.3) is 0 Å². The van der Waals surface area contributed by atoms with Gasteiger partial charge in [0.1, 0.15) is 0 Å². The molecule has 38 heavy (non-hydrogen) atoms. The summed E-state index contributed by atoms with van der Waals surface area (Å²) < 4.78 is 22.8. The van der Waals surface area contributed by atoms with Crippen LogP contribution in [0.3, 0.4) is 0 Å². The maximum atomic E-state index is 10.9. The molecule has 0 spiro atoms. The van der Waals surface area contributed by atoms with Gasteiger partial charge >= 0.3 is 6.16 Å². The van der Waals surface area contributed by atoms with Crippen LogP contribution in [0.4, 0.5) is 4.79 Å². The van der Waals surface area contributed by atoms with Gasteiger partial charge in [-0.3, -0.25) is 0 Å². The van der Waals surface area contributed by atoms with Gasteiger partial charge in [0.2, 0.25) is 0 Å².